The maximum atomic E-state index is 12.5. The Balaban J connectivity index is 2.30. The third-order valence-corrected chi connectivity index (χ3v) is 6.59. The summed E-state index contributed by atoms with van der Waals surface area (Å²) in [7, 11) is -3.33. The average Bonchev–Trinajstić information content (AvgIpc) is 2.76. The largest absolute Gasteiger partial charge is 0.398 e. The number of anilines is 1. The molecule has 1 unspecified atom stereocenters. The van der Waals surface area contributed by atoms with Crippen LogP contribution >= 0.6 is 11.3 Å². The van der Waals surface area contributed by atoms with Gasteiger partial charge in [0, 0.05) is 23.7 Å². The van der Waals surface area contributed by atoms with Gasteiger partial charge in [-0.1, -0.05) is 13.3 Å². The molecule has 0 spiro atoms. The van der Waals surface area contributed by atoms with Crippen molar-refractivity contribution in [1.29, 1.82) is 0 Å². The molecule has 0 aromatic carbocycles. The van der Waals surface area contributed by atoms with Gasteiger partial charge in [-0.05, 0) is 25.3 Å². The molecule has 17 heavy (non-hydrogen) atoms. The monoisotopic (exact) mass is 274 g/mol. The lowest BCUT2D eigenvalue weighted by Gasteiger charge is -2.33. The predicted octanol–water partition coefficient (Wildman–Crippen LogP) is 2.28. The molecule has 0 amide bonds. The first-order chi connectivity index (χ1) is 8.05. The quantitative estimate of drug-likeness (QED) is 0.919. The van der Waals surface area contributed by atoms with Crippen molar-refractivity contribution in [3.8, 4) is 0 Å². The SMILES string of the molecule is CCC1CCCCN1S(=O)(=O)c1cc(N)cs1. The van der Waals surface area contributed by atoms with Crippen molar-refractivity contribution in [2.45, 2.75) is 42.9 Å². The molecule has 6 heteroatoms. The van der Waals surface area contributed by atoms with E-state index < -0.39 is 10.0 Å². The minimum Gasteiger partial charge on any atom is -0.398 e. The molecule has 2 N–H and O–H groups in total. The summed E-state index contributed by atoms with van der Waals surface area (Å²) in [5, 5.41) is 1.68. The molecular formula is C11H18N2O2S2. The van der Waals surface area contributed by atoms with E-state index in [-0.39, 0.29) is 6.04 Å². The molecule has 96 valence electrons. The van der Waals surface area contributed by atoms with Crippen LogP contribution in [0.1, 0.15) is 32.6 Å². The van der Waals surface area contributed by atoms with Crippen LogP contribution in [0.4, 0.5) is 5.69 Å². The number of hydrogen-bond acceptors (Lipinski definition) is 4. The van der Waals surface area contributed by atoms with Gasteiger partial charge in [-0.15, -0.1) is 11.3 Å². The highest BCUT2D eigenvalue weighted by Gasteiger charge is 2.33. The van der Waals surface area contributed by atoms with Crippen LogP contribution < -0.4 is 5.73 Å². The van der Waals surface area contributed by atoms with E-state index in [1.54, 1.807) is 15.8 Å². The van der Waals surface area contributed by atoms with Crippen molar-refractivity contribution < 1.29 is 8.42 Å². The Bertz CT molecular complexity index is 481. The predicted molar refractivity (Wildman–Crippen MR) is 70.6 cm³/mol. The van der Waals surface area contributed by atoms with Gasteiger partial charge in [-0.2, -0.15) is 4.31 Å². The van der Waals surface area contributed by atoms with Gasteiger partial charge in [0.05, 0.1) is 0 Å². The van der Waals surface area contributed by atoms with Gasteiger partial charge in [-0.25, -0.2) is 8.42 Å². The van der Waals surface area contributed by atoms with E-state index in [1.165, 1.54) is 11.3 Å². The van der Waals surface area contributed by atoms with Crippen LogP contribution in [-0.2, 0) is 10.0 Å². The summed E-state index contributed by atoms with van der Waals surface area (Å²) in [4.78, 5) is 0. The Hall–Kier alpha value is -0.590. The minimum atomic E-state index is -3.33. The Morgan fingerprint density at radius 3 is 2.88 bits per heavy atom. The van der Waals surface area contributed by atoms with Gasteiger partial charge in [0.25, 0.3) is 10.0 Å². The smallest absolute Gasteiger partial charge is 0.252 e. The normalized spacial score (nSPS) is 22.8. The van der Waals surface area contributed by atoms with Crippen molar-refractivity contribution in [2.24, 2.45) is 0 Å². The van der Waals surface area contributed by atoms with E-state index in [1.807, 2.05) is 6.92 Å². The molecule has 1 aliphatic rings. The zero-order valence-electron chi connectivity index (χ0n) is 9.93. The fraction of sp³-hybridized carbons (Fsp3) is 0.636. The van der Waals surface area contributed by atoms with E-state index in [0.717, 1.165) is 25.7 Å². The van der Waals surface area contributed by atoms with E-state index in [2.05, 4.69) is 0 Å². The van der Waals surface area contributed by atoms with E-state index in [4.69, 9.17) is 5.73 Å². The third-order valence-electron chi connectivity index (χ3n) is 3.20. The van der Waals surface area contributed by atoms with Crippen LogP contribution in [0.25, 0.3) is 0 Å². The maximum absolute atomic E-state index is 12.5. The number of sulfonamides is 1. The summed E-state index contributed by atoms with van der Waals surface area (Å²) in [5.74, 6) is 0. The van der Waals surface area contributed by atoms with Crippen molar-refractivity contribution >= 4 is 27.0 Å². The van der Waals surface area contributed by atoms with Gasteiger partial charge < -0.3 is 5.73 Å². The highest BCUT2D eigenvalue weighted by atomic mass is 32.2. The highest BCUT2D eigenvalue weighted by molar-refractivity contribution is 7.91. The summed E-state index contributed by atoms with van der Waals surface area (Å²) >= 11 is 1.21. The van der Waals surface area contributed by atoms with Crippen LogP contribution in [0, 0.1) is 0 Å². The lowest BCUT2D eigenvalue weighted by molar-refractivity contribution is 0.247. The Labute approximate surface area is 106 Å². The summed E-state index contributed by atoms with van der Waals surface area (Å²) in [6.07, 6.45) is 3.92. The number of hydrogen-bond donors (Lipinski definition) is 1. The fourth-order valence-corrected chi connectivity index (χ4v) is 5.25. The van der Waals surface area contributed by atoms with E-state index in [0.29, 0.717) is 16.4 Å². The van der Waals surface area contributed by atoms with Gasteiger partial charge >= 0.3 is 0 Å². The Morgan fingerprint density at radius 1 is 1.53 bits per heavy atom. The second kappa shape index (κ2) is 4.96. The third kappa shape index (κ3) is 2.48. The average molecular weight is 274 g/mol. The van der Waals surface area contributed by atoms with E-state index >= 15 is 0 Å². The van der Waals surface area contributed by atoms with Gasteiger partial charge in [0.1, 0.15) is 4.21 Å². The summed E-state index contributed by atoms with van der Waals surface area (Å²) in [6.45, 7) is 2.68. The number of piperidine rings is 1. The minimum absolute atomic E-state index is 0.150. The van der Waals surface area contributed by atoms with Crippen LogP contribution in [-0.4, -0.2) is 25.3 Å². The lowest BCUT2D eigenvalue weighted by Crippen LogP contribution is -2.42. The first-order valence-electron chi connectivity index (χ1n) is 5.91. The summed E-state index contributed by atoms with van der Waals surface area (Å²) in [6, 6.07) is 1.71. The van der Waals surface area contributed by atoms with Crippen LogP contribution in [0.3, 0.4) is 0 Å². The molecule has 0 saturated carbocycles. The molecule has 1 aromatic heterocycles. The summed E-state index contributed by atoms with van der Waals surface area (Å²) in [5.41, 5.74) is 6.13. The maximum Gasteiger partial charge on any atom is 0.252 e. The van der Waals surface area contributed by atoms with Crippen molar-refractivity contribution in [3.05, 3.63) is 11.4 Å². The van der Waals surface area contributed by atoms with Crippen molar-refractivity contribution in [1.82, 2.24) is 4.31 Å². The lowest BCUT2D eigenvalue weighted by atomic mass is 10.0. The van der Waals surface area contributed by atoms with Crippen molar-refractivity contribution in [3.63, 3.8) is 0 Å². The topological polar surface area (TPSA) is 63.4 Å². The van der Waals surface area contributed by atoms with Crippen molar-refractivity contribution in [2.75, 3.05) is 12.3 Å². The molecule has 1 atom stereocenters. The van der Waals surface area contributed by atoms with Crippen LogP contribution in [0.15, 0.2) is 15.7 Å². The molecular weight excluding hydrogens is 256 g/mol. The number of rotatable bonds is 3. The second-order valence-electron chi connectivity index (χ2n) is 4.37. The molecule has 1 saturated heterocycles. The molecule has 1 aliphatic heterocycles. The number of nitrogens with zero attached hydrogens (tertiary/aromatic N) is 1. The molecule has 0 bridgehead atoms. The number of nitrogens with two attached hydrogens (primary N) is 1. The molecule has 2 rings (SSSR count). The Morgan fingerprint density at radius 2 is 2.29 bits per heavy atom. The number of thiophene rings is 1. The number of nitrogen functional groups attached to an aromatic ring is 1. The summed E-state index contributed by atoms with van der Waals surface area (Å²) < 4.78 is 26.9. The van der Waals surface area contributed by atoms with Crippen LogP contribution in [0.2, 0.25) is 0 Å². The molecule has 4 nitrogen and oxygen atoms in total. The Kier molecular flexibility index (Phi) is 3.75. The van der Waals surface area contributed by atoms with Gasteiger partial charge in [0.15, 0.2) is 0 Å². The van der Waals surface area contributed by atoms with Crippen LogP contribution in [0.5, 0.6) is 0 Å². The first kappa shape index (κ1) is 12.9. The van der Waals surface area contributed by atoms with Gasteiger partial charge in [0.2, 0.25) is 0 Å². The second-order valence-corrected chi connectivity index (χ2v) is 7.40. The molecule has 0 radical (unpaired) electrons. The van der Waals surface area contributed by atoms with E-state index in [9.17, 15) is 8.42 Å². The first-order valence-corrected chi connectivity index (χ1v) is 8.23. The molecule has 2 heterocycles. The zero-order chi connectivity index (χ0) is 12.5. The zero-order valence-corrected chi connectivity index (χ0v) is 11.6. The standard InChI is InChI=1S/C11H18N2O2S2/c1-2-10-5-3-4-6-13(10)17(14,15)11-7-9(12)8-16-11/h7-8,10H,2-6,12H2,1H3. The van der Waals surface area contributed by atoms with Gasteiger partial charge in [-0.3, -0.25) is 0 Å². The fourth-order valence-electron chi connectivity index (χ4n) is 2.28. The highest BCUT2D eigenvalue weighted by Crippen LogP contribution is 2.30. The molecule has 1 aromatic rings. The molecule has 0 aliphatic carbocycles. The molecule has 1 fully saturated rings.